The van der Waals surface area contributed by atoms with E-state index in [1.165, 1.54) is 12.3 Å². The number of ether oxygens (including phenoxy) is 2. The molecular formula is C13H23NO5. The Labute approximate surface area is 113 Å². The Hall–Kier alpha value is -1.11. The molecule has 1 rings (SSSR count). The highest BCUT2D eigenvalue weighted by Gasteiger charge is 2.48. The molecule has 3 N–H and O–H groups in total. The Bertz CT molecular complexity index is 343. The van der Waals surface area contributed by atoms with Gasteiger partial charge < -0.3 is 24.8 Å². The summed E-state index contributed by atoms with van der Waals surface area (Å²) in [5, 5.41) is 27.4. The molecular weight excluding hydrogens is 250 g/mol. The van der Waals surface area contributed by atoms with Crippen molar-refractivity contribution in [3.05, 3.63) is 12.0 Å². The van der Waals surface area contributed by atoms with Gasteiger partial charge in [0.2, 0.25) is 0 Å². The topological polar surface area (TPSA) is 91.5 Å². The number of aliphatic hydroxyl groups excluding tert-OH is 3. The SMILES string of the molecule is CC1(C)OC(=CC=NC(CO)(CO)CO)OC1(C)C. The van der Waals surface area contributed by atoms with Gasteiger partial charge in [0.1, 0.15) is 16.7 Å². The van der Waals surface area contributed by atoms with Gasteiger partial charge in [-0.2, -0.15) is 0 Å². The molecule has 0 amide bonds. The van der Waals surface area contributed by atoms with Crippen LogP contribution in [0, 0.1) is 0 Å². The summed E-state index contributed by atoms with van der Waals surface area (Å²) in [7, 11) is 0. The maximum atomic E-state index is 9.12. The zero-order chi connectivity index (χ0) is 14.7. The third-order valence-corrected chi connectivity index (χ3v) is 3.60. The van der Waals surface area contributed by atoms with Crippen molar-refractivity contribution < 1.29 is 24.8 Å². The van der Waals surface area contributed by atoms with E-state index in [1.807, 2.05) is 27.7 Å². The Balaban J connectivity index is 2.79. The van der Waals surface area contributed by atoms with Crippen LogP contribution in [0.25, 0.3) is 0 Å². The zero-order valence-electron chi connectivity index (χ0n) is 11.9. The van der Waals surface area contributed by atoms with Crippen LogP contribution in [0.2, 0.25) is 0 Å². The van der Waals surface area contributed by atoms with Crippen LogP contribution in [0.1, 0.15) is 27.7 Å². The molecule has 1 aliphatic rings. The van der Waals surface area contributed by atoms with Gasteiger partial charge in [-0.1, -0.05) is 0 Å². The van der Waals surface area contributed by atoms with Gasteiger partial charge in [0.05, 0.1) is 19.8 Å². The molecule has 0 bridgehead atoms. The van der Waals surface area contributed by atoms with Crippen LogP contribution in [0.5, 0.6) is 0 Å². The summed E-state index contributed by atoms with van der Waals surface area (Å²) in [6.07, 6.45) is 2.86. The van der Waals surface area contributed by atoms with Crippen LogP contribution in [-0.2, 0) is 9.47 Å². The third-order valence-electron chi connectivity index (χ3n) is 3.60. The van der Waals surface area contributed by atoms with Crippen molar-refractivity contribution in [3.63, 3.8) is 0 Å². The molecule has 0 saturated carbocycles. The van der Waals surface area contributed by atoms with E-state index in [2.05, 4.69) is 4.99 Å². The van der Waals surface area contributed by atoms with Crippen LogP contribution < -0.4 is 0 Å². The number of aliphatic hydroxyl groups is 3. The number of hydrogen-bond donors (Lipinski definition) is 3. The standard InChI is InChI=1S/C13H23NO5/c1-11(2)12(3,4)19-10(18-11)5-6-14-13(7-15,8-16)9-17/h5-6,15-17H,7-9H2,1-4H3. The number of allylic oxidation sites excluding steroid dienone is 1. The molecule has 0 aromatic heterocycles. The Kier molecular flexibility index (Phi) is 4.60. The molecule has 0 aliphatic carbocycles. The molecule has 6 nitrogen and oxygen atoms in total. The predicted molar refractivity (Wildman–Crippen MR) is 70.9 cm³/mol. The first-order valence-corrected chi connectivity index (χ1v) is 6.18. The van der Waals surface area contributed by atoms with Crippen LogP contribution in [0.3, 0.4) is 0 Å². The summed E-state index contributed by atoms with van der Waals surface area (Å²) in [6, 6.07) is 0. The minimum atomic E-state index is -1.28. The van der Waals surface area contributed by atoms with Crippen molar-refractivity contribution in [2.75, 3.05) is 19.8 Å². The first kappa shape index (κ1) is 15.9. The van der Waals surface area contributed by atoms with Crippen molar-refractivity contribution in [2.45, 2.75) is 44.4 Å². The highest BCUT2D eigenvalue weighted by atomic mass is 16.7. The van der Waals surface area contributed by atoms with Gasteiger partial charge in [-0.25, -0.2) is 0 Å². The minimum absolute atomic E-state index is 0.321. The van der Waals surface area contributed by atoms with Gasteiger partial charge in [-0.15, -0.1) is 0 Å². The van der Waals surface area contributed by atoms with Gasteiger partial charge in [-0.05, 0) is 27.7 Å². The molecule has 0 spiro atoms. The zero-order valence-corrected chi connectivity index (χ0v) is 11.9. The fourth-order valence-corrected chi connectivity index (χ4v) is 1.37. The lowest BCUT2D eigenvalue weighted by Gasteiger charge is -2.28. The Morgan fingerprint density at radius 2 is 1.42 bits per heavy atom. The molecule has 19 heavy (non-hydrogen) atoms. The number of rotatable bonds is 5. The lowest BCUT2D eigenvalue weighted by Crippen LogP contribution is -2.41. The van der Waals surface area contributed by atoms with Crippen LogP contribution >= 0.6 is 0 Å². The number of nitrogens with zero attached hydrogens (tertiary/aromatic N) is 1. The summed E-state index contributed by atoms with van der Waals surface area (Å²) >= 11 is 0. The maximum Gasteiger partial charge on any atom is 0.282 e. The molecule has 1 heterocycles. The molecule has 1 aliphatic heterocycles. The highest BCUT2D eigenvalue weighted by Crippen LogP contribution is 2.39. The maximum absolute atomic E-state index is 9.12. The van der Waals surface area contributed by atoms with Crippen LogP contribution in [0.4, 0.5) is 0 Å². The van der Waals surface area contributed by atoms with Crippen molar-refractivity contribution >= 4 is 6.21 Å². The van der Waals surface area contributed by atoms with Gasteiger partial charge >= 0.3 is 0 Å². The highest BCUT2D eigenvalue weighted by molar-refractivity contribution is 5.72. The predicted octanol–water partition coefficient (Wildman–Crippen LogP) is 0.218. The molecule has 110 valence electrons. The van der Waals surface area contributed by atoms with E-state index < -0.39 is 36.6 Å². The summed E-state index contributed by atoms with van der Waals surface area (Å²) in [5.74, 6) is 0.321. The second-order valence-electron chi connectivity index (χ2n) is 5.69. The average molecular weight is 273 g/mol. The molecule has 1 fully saturated rings. The van der Waals surface area contributed by atoms with E-state index in [9.17, 15) is 0 Å². The fraction of sp³-hybridized carbons (Fsp3) is 0.769. The third kappa shape index (κ3) is 3.26. The summed E-state index contributed by atoms with van der Waals surface area (Å²) in [4.78, 5) is 3.96. The van der Waals surface area contributed by atoms with Crippen molar-refractivity contribution in [2.24, 2.45) is 4.99 Å². The van der Waals surface area contributed by atoms with Gasteiger partial charge in [0, 0.05) is 12.3 Å². The lowest BCUT2D eigenvalue weighted by molar-refractivity contribution is 0.00578. The first-order valence-electron chi connectivity index (χ1n) is 6.18. The fourth-order valence-electron chi connectivity index (χ4n) is 1.37. The van der Waals surface area contributed by atoms with Gasteiger partial charge in [0.15, 0.2) is 0 Å². The van der Waals surface area contributed by atoms with Crippen molar-refractivity contribution in [1.29, 1.82) is 0 Å². The van der Waals surface area contributed by atoms with E-state index >= 15 is 0 Å². The van der Waals surface area contributed by atoms with E-state index in [0.717, 1.165) is 0 Å². The van der Waals surface area contributed by atoms with Crippen LogP contribution in [0.15, 0.2) is 17.0 Å². The van der Waals surface area contributed by atoms with Crippen molar-refractivity contribution in [3.8, 4) is 0 Å². The summed E-state index contributed by atoms with van der Waals surface area (Å²) in [6.45, 7) is 6.35. The molecule has 0 unspecified atom stereocenters. The summed E-state index contributed by atoms with van der Waals surface area (Å²) < 4.78 is 11.3. The lowest BCUT2D eigenvalue weighted by atomic mass is 9.90. The van der Waals surface area contributed by atoms with E-state index in [0.29, 0.717) is 5.95 Å². The molecule has 0 atom stereocenters. The minimum Gasteiger partial charge on any atom is -0.455 e. The molecule has 1 saturated heterocycles. The normalized spacial score (nSPS) is 21.3. The largest absolute Gasteiger partial charge is 0.455 e. The summed E-state index contributed by atoms with van der Waals surface area (Å²) in [5.41, 5.74) is -2.20. The van der Waals surface area contributed by atoms with Crippen LogP contribution in [-0.4, -0.2) is 58.1 Å². The Morgan fingerprint density at radius 3 is 1.79 bits per heavy atom. The Morgan fingerprint density at radius 1 is 1.00 bits per heavy atom. The van der Waals surface area contributed by atoms with E-state index in [4.69, 9.17) is 24.8 Å². The number of hydrogen-bond acceptors (Lipinski definition) is 6. The second-order valence-corrected chi connectivity index (χ2v) is 5.69. The van der Waals surface area contributed by atoms with E-state index in [1.54, 1.807) is 0 Å². The smallest absolute Gasteiger partial charge is 0.282 e. The first-order chi connectivity index (χ1) is 8.72. The molecule has 0 aromatic rings. The quantitative estimate of drug-likeness (QED) is 0.623. The molecule has 0 aromatic carbocycles. The van der Waals surface area contributed by atoms with Crippen molar-refractivity contribution in [1.82, 2.24) is 0 Å². The average Bonchev–Trinajstić information content (AvgIpc) is 2.54. The van der Waals surface area contributed by atoms with Gasteiger partial charge in [0.25, 0.3) is 5.95 Å². The molecule has 6 heteroatoms. The monoisotopic (exact) mass is 273 g/mol. The van der Waals surface area contributed by atoms with E-state index in [-0.39, 0.29) is 0 Å². The molecule has 0 radical (unpaired) electrons. The van der Waals surface area contributed by atoms with Gasteiger partial charge in [-0.3, -0.25) is 4.99 Å². The second kappa shape index (κ2) is 5.48. The number of aliphatic imine (C=N–C) groups is 1.